The number of rotatable bonds is 5. The maximum absolute atomic E-state index is 3.23. The third-order valence-corrected chi connectivity index (χ3v) is 3.61. The van der Waals surface area contributed by atoms with Crippen LogP contribution in [0.25, 0.3) is 0 Å². The minimum Gasteiger partial charge on any atom is -0.319 e. The van der Waals surface area contributed by atoms with Crippen molar-refractivity contribution in [2.75, 3.05) is 26.7 Å². The van der Waals surface area contributed by atoms with E-state index in [4.69, 9.17) is 0 Å². The second-order valence-electron chi connectivity index (χ2n) is 4.96. The van der Waals surface area contributed by atoms with Crippen LogP contribution in [0.5, 0.6) is 0 Å². The van der Waals surface area contributed by atoms with Gasteiger partial charge in [-0.3, -0.25) is 4.90 Å². The van der Waals surface area contributed by atoms with Crippen LogP contribution in [-0.4, -0.2) is 31.6 Å². The predicted molar refractivity (Wildman–Crippen MR) is 73.2 cm³/mol. The molecular weight excluding hydrogens is 208 g/mol. The van der Waals surface area contributed by atoms with Crippen LogP contribution in [-0.2, 0) is 13.0 Å². The summed E-state index contributed by atoms with van der Waals surface area (Å²) in [5, 5.41) is 3.23. The summed E-state index contributed by atoms with van der Waals surface area (Å²) in [7, 11) is 2.02. The van der Waals surface area contributed by atoms with Gasteiger partial charge in [-0.2, -0.15) is 0 Å². The number of hydrogen-bond acceptors (Lipinski definition) is 2. The lowest BCUT2D eigenvalue weighted by molar-refractivity contribution is 0.220. The van der Waals surface area contributed by atoms with Gasteiger partial charge in [-0.1, -0.05) is 30.7 Å². The SMILES string of the molecule is CNCCc1ccccc1CN1CCCCC1. The molecule has 1 heterocycles. The van der Waals surface area contributed by atoms with Crippen LogP contribution in [0.1, 0.15) is 30.4 Å². The van der Waals surface area contributed by atoms with E-state index < -0.39 is 0 Å². The lowest BCUT2D eigenvalue weighted by Gasteiger charge is -2.27. The molecule has 0 bridgehead atoms. The summed E-state index contributed by atoms with van der Waals surface area (Å²) >= 11 is 0. The number of likely N-dealkylation sites (N-methyl/N-ethyl adjacent to an activating group) is 1. The van der Waals surface area contributed by atoms with Crippen molar-refractivity contribution in [1.29, 1.82) is 0 Å². The van der Waals surface area contributed by atoms with Crippen molar-refractivity contribution in [3.8, 4) is 0 Å². The molecular formula is C15H24N2. The van der Waals surface area contributed by atoms with Gasteiger partial charge in [0, 0.05) is 6.54 Å². The molecule has 1 aliphatic rings. The Hall–Kier alpha value is -0.860. The van der Waals surface area contributed by atoms with E-state index in [9.17, 15) is 0 Å². The van der Waals surface area contributed by atoms with Crippen molar-refractivity contribution in [1.82, 2.24) is 10.2 Å². The van der Waals surface area contributed by atoms with E-state index in [-0.39, 0.29) is 0 Å². The Kier molecular flexibility index (Phi) is 5.02. The summed E-state index contributed by atoms with van der Waals surface area (Å²) in [4.78, 5) is 2.60. The highest BCUT2D eigenvalue weighted by Gasteiger charge is 2.11. The van der Waals surface area contributed by atoms with Gasteiger partial charge in [-0.15, -0.1) is 0 Å². The van der Waals surface area contributed by atoms with Gasteiger partial charge >= 0.3 is 0 Å². The fourth-order valence-electron chi connectivity index (χ4n) is 2.57. The van der Waals surface area contributed by atoms with E-state index in [0.29, 0.717) is 0 Å². The molecule has 0 aliphatic carbocycles. The van der Waals surface area contributed by atoms with E-state index in [1.807, 2.05) is 7.05 Å². The van der Waals surface area contributed by atoms with Crippen LogP contribution in [0, 0.1) is 0 Å². The van der Waals surface area contributed by atoms with Crippen molar-refractivity contribution in [2.45, 2.75) is 32.2 Å². The van der Waals surface area contributed by atoms with Crippen molar-refractivity contribution in [3.05, 3.63) is 35.4 Å². The number of benzene rings is 1. The van der Waals surface area contributed by atoms with Crippen LogP contribution in [0.2, 0.25) is 0 Å². The third-order valence-electron chi connectivity index (χ3n) is 3.61. The van der Waals surface area contributed by atoms with E-state index in [0.717, 1.165) is 19.5 Å². The molecule has 0 amide bonds. The van der Waals surface area contributed by atoms with Gasteiger partial charge in [0.2, 0.25) is 0 Å². The molecule has 0 spiro atoms. The Bertz CT molecular complexity index is 329. The molecule has 1 aliphatic heterocycles. The van der Waals surface area contributed by atoms with Gasteiger partial charge in [-0.05, 0) is 57.1 Å². The molecule has 2 rings (SSSR count). The Morgan fingerprint density at radius 2 is 1.76 bits per heavy atom. The molecule has 17 heavy (non-hydrogen) atoms. The first-order chi connectivity index (χ1) is 8.40. The summed E-state index contributed by atoms with van der Waals surface area (Å²) in [6.45, 7) is 4.76. The first kappa shape index (κ1) is 12.6. The largest absolute Gasteiger partial charge is 0.319 e. The van der Waals surface area contributed by atoms with Gasteiger partial charge in [-0.25, -0.2) is 0 Å². The Balaban J connectivity index is 1.98. The zero-order chi connectivity index (χ0) is 11.9. The van der Waals surface area contributed by atoms with E-state index in [1.165, 1.54) is 43.5 Å². The Morgan fingerprint density at radius 1 is 1.06 bits per heavy atom. The molecule has 0 aromatic heterocycles. The zero-order valence-corrected chi connectivity index (χ0v) is 10.9. The predicted octanol–water partition coefficient (Wildman–Crippen LogP) is 2.43. The average molecular weight is 232 g/mol. The lowest BCUT2D eigenvalue weighted by Crippen LogP contribution is -2.29. The van der Waals surface area contributed by atoms with Crippen LogP contribution in [0.15, 0.2) is 24.3 Å². The van der Waals surface area contributed by atoms with E-state index in [1.54, 1.807) is 0 Å². The summed E-state index contributed by atoms with van der Waals surface area (Å²) in [6.07, 6.45) is 5.30. The summed E-state index contributed by atoms with van der Waals surface area (Å²) in [5.74, 6) is 0. The summed E-state index contributed by atoms with van der Waals surface area (Å²) < 4.78 is 0. The normalized spacial score (nSPS) is 17.2. The molecule has 1 N–H and O–H groups in total. The molecule has 0 atom stereocenters. The topological polar surface area (TPSA) is 15.3 Å². The van der Waals surface area contributed by atoms with Crippen molar-refractivity contribution in [3.63, 3.8) is 0 Å². The van der Waals surface area contributed by atoms with Gasteiger partial charge < -0.3 is 5.32 Å². The van der Waals surface area contributed by atoms with Crippen molar-refractivity contribution >= 4 is 0 Å². The quantitative estimate of drug-likeness (QED) is 0.839. The van der Waals surface area contributed by atoms with Gasteiger partial charge in [0.25, 0.3) is 0 Å². The smallest absolute Gasteiger partial charge is 0.0236 e. The minimum absolute atomic E-state index is 1.07. The first-order valence-electron chi connectivity index (χ1n) is 6.84. The monoisotopic (exact) mass is 232 g/mol. The van der Waals surface area contributed by atoms with Crippen molar-refractivity contribution < 1.29 is 0 Å². The fraction of sp³-hybridized carbons (Fsp3) is 0.600. The first-order valence-corrected chi connectivity index (χ1v) is 6.84. The number of nitrogens with zero attached hydrogens (tertiary/aromatic N) is 1. The van der Waals surface area contributed by atoms with Crippen LogP contribution >= 0.6 is 0 Å². The van der Waals surface area contributed by atoms with Crippen LogP contribution < -0.4 is 5.32 Å². The standard InChI is InChI=1S/C15H24N2/c1-16-10-9-14-7-3-4-8-15(14)13-17-11-5-2-6-12-17/h3-4,7-8,16H,2,5-6,9-13H2,1H3. The van der Waals surface area contributed by atoms with Gasteiger partial charge in [0.1, 0.15) is 0 Å². The number of likely N-dealkylation sites (tertiary alicyclic amines) is 1. The van der Waals surface area contributed by atoms with Crippen LogP contribution in [0.3, 0.4) is 0 Å². The molecule has 1 fully saturated rings. The maximum Gasteiger partial charge on any atom is 0.0236 e. The van der Waals surface area contributed by atoms with Gasteiger partial charge in [0.05, 0.1) is 0 Å². The molecule has 1 aromatic carbocycles. The highest BCUT2D eigenvalue weighted by molar-refractivity contribution is 5.27. The van der Waals surface area contributed by atoms with E-state index in [2.05, 4.69) is 34.5 Å². The second-order valence-corrected chi connectivity index (χ2v) is 4.96. The number of piperidine rings is 1. The molecule has 2 nitrogen and oxygen atoms in total. The molecule has 1 saturated heterocycles. The Labute approximate surface area is 105 Å². The molecule has 0 radical (unpaired) electrons. The van der Waals surface area contributed by atoms with E-state index >= 15 is 0 Å². The average Bonchev–Trinajstić information content (AvgIpc) is 2.39. The highest BCUT2D eigenvalue weighted by Crippen LogP contribution is 2.16. The summed E-state index contributed by atoms with van der Waals surface area (Å²) in [6, 6.07) is 8.89. The molecule has 0 unspecified atom stereocenters. The minimum atomic E-state index is 1.07. The van der Waals surface area contributed by atoms with Crippen LogP contribution in [0.4, 0.5) is 0 Å². The maximum atomic E-state index is 3.23. The lowest BCUT2D eigenvalue weighted by atomic mass is 10.0. The van der Waals surface area contributed by atoms with Crippen molar-refractivity contribution in [2.24, 2.45) is 0 Å². The molecule has 2 heteroatoms. The number of nitrogens with one attached hydrogen (secondary N) is 1. The molecule has 0 saturated carbocycles. The molecule has 1 aromatic rings. The summed E-state index contributed by atoms with van der Waals surface area (Å²) in [5.41, 5.74) is 3.03. The zero-order valence-electron chi connectivity index (χ0n) is 10.9. The third kappa shape index (κ3) is 3.83. The molecule has 94 valence electrons. The fourth-order valence-corrected chi connectivity index (χ4v) is 2.57. The highest BCUT2D eigenvalue weighted by atomic mass is 15.1. The second kappa shape index (κ2) is 6.77. The van der Waals surface area contributed by atoms with Gasteiger partial charge in [0.15, 0.2) is 0 Å². The Morgan fingerprint density at radius 3 is 2.47 bits per heavy atom. The number of hydrogen-bond donors (Lipinski definition) is 1.